The van der Waals surface area contributed by atoms with Crippen molar-refractivity contribution in [2.45, 2.75) is 13.3 Å². The summed E-state index contributed by atoms with van der Waals surface area (Å²) in [6.07, 6.45) is 3.19. The molecule has 0 aromatic heterocycles. The second-order valence-electron chi connectivity index (χ2n) is 2.69. The Balaban J connectivity index is 2.37. The third kappa shape index (κ3) is 0.287. The molecule has 1 aliphatic heterocycles. The zero-order valence-corrected chi connectivity index (χ0v) is 4.40. The van der Waals surface area contributed by atoms with Gasteiger partial charge in [0.1, 0.15) is 0 Å². The van der Waals surface area contributed by atoms with Crippen molar-refractivity contribution in [1.29, 1.82) is 0 Å². The zero-order chi connectivity index (χ0) is 4.91. The van der Waals surface area contributed by atoms with Crippen LogP contribution in [0.25, 0.3) is 0 Å². The first-order chi connectivity index (χ1) is 3.31. The fourth-order valence-corrected chi connectivity index (χ4v) is 1.03. The van der Waals surface area contributed by atoms with E-state index in [0.29, 0.717) is 5.41 Å². The van der Waals surface area contributed by atoms with Crippen LogP contribution in [0, 0.1) is 5.41 Å². The summed E-state index contributed by atoms with van der Waals surface area (Å²) in [5.74, 6) is 0. The van der Waals surface area contributed by atoms with Crippen LogP contribution in [0.1, 0.15) is 13.3 Å². The Kier molecular flexibility index (Phi) is 0.366. The van der Waals surface area contributed by atoms with E-state index in [-0.39, 0.29) is 0 Å². The third-order valence-corrected chi connectivity index (χ3v) is 1.86. The van der Waals surface area contributed by atoms with Gasteiger partial charge in [-0.05, 0) is 12.0 Å². The molecule has 1 heterocycles. The van der Waals surface area contributed by atoms with Crippen LogP contribution in [0.2, 0.25) is 0 Å². The van der Waals surface area contributed by atoms with Gasteiger partial charge < -0.3 is 4.74 Å². The summed E-state index contributed by atoms with van der Waals surface area (Å²) in [5, 5.41) is 0. The van der Waals surface area contributed by atoms with E-state index < -0.39 is 0 Å². The van der Waals surface area contributed by atoms with Crippen LogP contribution < -0.4 is 0 Å². The number of rotatable bonds is 0. The number of hydrogen-bond acceptors (Lipinski definition) is 1. The van der Waals surface area contributed by atoms with Crippen molar-refractivity contribution in [2.24, 2.45) is 5.41 Å². The van der Waals surface area contributed by atoms with Gasteiger partial charge >= 0.3 is 0 Å². The summed E-state index contributed by atoms with van der Waals surface area (Å²) in [4.78, 5) is 0. The van der Waals surface area contributed by atoms with E-state index in [0.717, 1.165) is 6.61 Å². The van der Waals surface area contributed by atoms with Crippen LogP contribution >= 0.6 is 0 Å². The van der Waals surface area contributed by atoms with E-state index in [4.69, 9.17) is 4.74 Å². The molecule has 2 aliphatic rings. The van der Waals surface area contributed by atoms with E-state index in [2.05, 4.69) is 6.92 Å². The van der Waals surface area contributed by atoms with Gasteiger partial charge in [-0.15, -0.1) is 0 Å². The normalized spacial score (nSPS) is 44.4. The quantitative estimate of drug-likeness (QED) is 0.442. The second-order valence-corrected chi connectivity index (χ2v) is 2.69. The van der Waals surface area contributed by atoms with Gasteiger partial charge in [0, 0.05) is 5.41 Å². The Morgan fingerprint density at radius 3 is 2.86 bits per heavy atom. The van der Waals surface area contributed by atoms with E-state index in [1.807, 2.05) is 6.26 Å². The molecule has 1 saturated carbocycles. The number of hydrogen-bond donors (Lipinski definition) is 0. The summed E-state index contributed by atoms with van der Waals surface area (Å²) in [7, 11) is 0. The third-order valence-electron chi connectivity index (χ3n) is 1.86. The highest BCUT2D eigenvalue weighted by molar-refractivity contribution is 5.32. The van der Waals surface area contributed by atoms with Gasteiger partial charge in [0.2, 0.25) is 0 Å². The van der Waals surface area contributed by atoms with Crippen molar-refractivity contribution in [2.75, 3.05) is 6.61 Å². The molecule has 1 atom stereocenters. The van der Waals surface area contributed by atoms with Crippen molar-refractivity contribution >= 4 is 0 Å². The second kappa shape index (κ2) is 0.726. The fraction of sp³-hybridized carbons (Fsp3) is 0.667. The molecule has 0 aromatic rings. The van der Waals surface area contributed by atoms with Gasteiger partial charge in [-0.1, -0.05) is 6.92 Å². The molecule has 1 aliphatic carbocycles. The van der Waals surface area contributed by atoms with Crippen molar-refractivity contribution in [1.82, 2.24) is 0 Å². The van der Waals surface area contributed by atoms with Crippen molar-refractivity contribution in [3.63, 3.8) is 0 Å². The summed E-state index contributed by atoms with van der Waals surface area (Å²) in [5.41, 5.74) is 2.01. The molecule has 7 heavy (non-hydrogen) atoms. The lowest BCUT2D eigenvalue weighted by atomic mass is 10.2. The Bertz CT molecular complexity index is 137. The van der Waals surface area contributed by atoms with Crippen molar-refractivity contribution in [3.05, 3.63) is 11.8 Å². The maximum atomic E-state index is 5.05. The highest BCUT2D eigenvalue weighted by atomic mass is 16.5. The minimum atomic E-state index is 0.500. The lowest BCUT2D eigenvalue weighted by Gasteiger charge is -1.97. The molecule has 0 saturated heterocycles. The average molecular weight is 96.1 g/mol. The molecule has 0 N–H and O–H groups in total. The molecule has 0 bridgehead atoms. The summed E-state index contributed by atoms with van der Waals surface area (Å²) in [6.45, 7) is 3.17. The Labute approximate surface area is 43.0 Å². The first-order valence-electron chi connectivity index (χ1n) is 2.62. The predicted molar refractivity (Wildman–Crippen MR) is 26.8 cm³/mol. The first kappa shape index (κ1) is 3.53. The van der Waals surface area contributed by atoms with E-state index in [1.165, 1.54) is 12.0 Å². The van der Waals surface area contributed by atoms with E-state index >= 15 is 0 Å². The van der Waals surface area contributed by atoms with E-state index in [9.17, 15) is 0 Å². The van der Waals surface area contributed by atoms with Crippen molar-refractivity contribution in [3.8, 4) is 0 Å². The SMILES string of the molecule is CC12COC=C1C2. The highest BCUT2D eigenvalue weighted by Gasteiger charge is 2.48. The minimum Gasteiger partial charge on any atom is -0.500 e. The molecular formula is C6H8O. The van der Waals surface area contributed by atoms with Gasteiger partial charge in [0.15, 0.2) is 0 Å². The van der Waals surface area contributed by atoms with Gasteiger partial charge in [-0.25, -0.2) is 0 Å². The molecular weight excluding hydrogens is 88.1 g/mol. The summed E-state index contributed by atoms with van der Waals surface area (Å²) >= 11 is 0. The average Bonchev–Trinajstić information content (AvgIpc) is 2.09. The summed E-state index contributed by atoms with van der Waals surface area (Å²) in [6, 6.07) is 0. The summed E-state index contributed by atoms with van der Waals surface area (Å²) < 4.78 is 5.05. The molecule has 1 heteroatoms. The number of ether oxygens (including phenoxy) is 1. The molecule has 0 aromatic carbocycles. The predicted octanol–water partition coefficient (Wildman–Crippen LogP) is 1.31. The molecule has 1 nitrogen and oxygen atoms in total. The molecule has 38 valence electrons. The van der Waals surface area contributed by atoms with Crippen LogP contribution in [0.4, 0.5) is 0 Å². The Hall–Kier alpha value is -0.460. The monoisotopic (exact) mass is 96.1 g/mol. The molecule has 1 fully saturated rings. The van der Waals surface area contributed by atoms with Gasteiger partial charge in [-0.2, -0.15) is 0 Å². The zero-order valence-electron chi connectivity index (χ0n) is 4.40. The minimum absolute atomic E-state index is 0.500. The smallest absolute Gasteiger partial charge is 0.0968 e. The standard InChI is InChI=1S/C6H8O/c1-6-2-5(6)3-7-4-6/h3H,2,4H2,1H3. The largest absolute Gasteiger partial charge is 0.500 e. The topological polar surface area (TPSA) is 9.23 Å². The fourth-order valence-electron chi connectivity index (χ4n) is 1.03. The first-order valence-corrected chi connectivity index (χ1v) is 2.62. The van der Waals surface area contributed by atoms with Gasteiger partial charge in [0.05, 0.1) is 12.9 Å². The van der Waals surface area contributed by atoms with Gasteiger partial charge in [0.25, 0.3) is 0 Å². The van der Waals surface area contributed by atoms with Gasteiger partial charge in [-0.3, -0.25) is 0 Å². The molecule has 2 rings (SSSR count). The molecule has 0 amide bonds. The molecule has 1 unspecified atom stereocenters. The maximum Gasteiger partial charge on any atom is 0.0968 e. The molecule has 0 radical (unpaired) electrons. The highest BCUT2D eigenvalue weighted by Crippen LogP contribution is 2.54. The number of fused-ring (bicyclic) bond motifs is 1. The van der Waals surface area contributed by atoms with Crippen LogP contribution in [0.5, 0.6) is 0 Å². The Morgan fingerprint density at radius 2 is 2.71 bits per heavy atom. The van der Waals surface area contributed by atoms with Crippen LogP contribution in [0.15, 0.2) is 11.8 Å². The van der Waals surface area contributed by atoms with Crippen molar-refractivity contribution < 1.29 is 4.74 Å². The van der Waals surface area contributed by atoms with E-state index in [1.54, 1.807) is 0 Å². The Morgan fingerprint density at radius 1 is 1.86 bits per heavy atom. The maximum absolute atomic E-state index is 5.05. The van der Waals surface area contributed by atoms with Crippen LogP contribution in [-0.2, 0) is 4.74 Å². The van der Waals surface area contributed by atoms with Crippen LogP contribution in [-0.4, -0.2) is 6.61 Å². The molecule has 0 spiro atoms. The lowest BCUT2D eigenvalue weighted by Crippen LogP contribution is -1.96. The lowest BCUT2D eigenvalue weighted by molar-refractivity contribution is 0.221. The van der Waals surface area contributed by atoms with Crippen LogP contribution in [0.3, 0.4) is 0 Å².